The predicted octanol–water partition coefficient (Wildman–Crippen LogP) is 5.39. The van der Waals surface area contributed by atoms with Crippen LogP contribution in [0, 0.1) is 5.82 Å². The van der Waals surface area contributed by atoms with Crippen LogP contribution in [0.25, 0.3) is 16.6 Å². The first-order valence-electron chi connectivity index (χ1n) is 11.3. The van der Waals surface area contributed by atoms with E-state index in [0.29, 0.717) is 22.2 Å². The normalized spacial score (nSPS) is 14.3. The van der Waals surface area contributed by atoms with E-state index in [1.54, 1.807) is 52.1 Å². The summed E-state index contributed by atoms with van der Waals surface area (Å²) in [6.07, 6.45) is -2.93. The van der Waals surface area contributed by atoms with E-state index in [0.717, 1.165) is 12.1 Å². The van der Waals surface area contributed by atoms with Gasteiger partial charge in [-0.25, -0.2) is 4.39 Å². The smallest absolute Gasteiger partial charge is 0.335 e. The zero-order valence-corrected chi connectivity index (χ0v) is 19.0. The summed E-state index contributed by atoms with van der Waals surface area (Å²) < 4.78 is 55.4. The summed E-state index contributed by atoms with van der Waals surface area (Å²) in [7, 11) is 0. The molecule has 5 nitrogen and oxygen atoms in total. The summed E-state index contributed by atoms with van der Waals surface area (Å²) in [6, 6.07) is 17.7. The number of para-hydroxylation sites is 1. The molecular weight excluding hydrogens is 474 g/mol. The van der Waals surface area contributed by atoms with Crippen LogP contribution in [0.1, 0.15) is 26.3 Å². The fraction of sp³-hybridized carbons (Fsp3) is 0.185. The van der Waals surface area contributed by atoms with E-state index in [1.807, 2.05) is 0 Å². The fourth-order valence-electron chi connectivity index (χ4n) is 4.48. The van der Waals surface area contributed by atoms with E-state index < -0.39 is 23.5 Å². The molecule has 36 heavy (non-hydrogen) atoms. The maximum atomic E-state index is 14.0. The summed E-state index contributed by atoms with van der Waals surface area (Å²) in [6.45, 7) is 0.987. The van der Waals surface area contributed by atoms with Crippen molar-refractivity contribution >= 4 is 22.7 Å². The summed E-state index contributed by atoms with van der Waals surface area (Å²) in [4.78, 5) is 29.3. The SMILES string of the molecule is O=C(c1ccccc1F)N1CCN(C(=O)c2cn(-c3cccc(C(F)(F)F)c3)c3ccccc23)CC1. The highest BCUT2D eigenvalue weighted by molar-refractivity contribution is 6.07. The number of alkyl halides is 3. The van der Waals surface area contributed by atoms with Crippen LogP contribution in [0.3, 0.4) is 0 Å². The van der Waals surface area contributed by atoms with Crippen molar-refractivity contribution < 1.29 is 27.2 Å². The van der Waals surface area contributed by atoms with Crippen LogP contribution in [0.2, 0.25) is 0 Å². The molecule has 5 rings (SSSR count). The zero-order valence-electron chi connectivity index (χ0n) is 19.0. The molecule has 1 aromatic heterocycles. The Kier molecular flexibility index (Phi) is 5.99. The summed E-state index contributed by atoms with van der Waals surface area (Å²) >= 11 is 0. The van der Waals surface area contributed by atoms with Crippen molar-refractivity contribution in [2.24, 2.45) is 0 Å². The number of benzene rings is 3. The topological polar surface area (TPSA) is 45.6 Å². The molecule has 184 valence electrons. The highest BCUT2D eigenvalue weighted by Gasteiger charge is 2.31. The number of hydrogen-bond donors (Lipinski definition) is 0. The molecule has 4 aromatic rings. The molecule has 9 heteroatoms. The number of nitrogens with zero attached hydrogens (tertiary/aromatic N) is 3. The molecule has 0 saturated carbocycles. The maximum absolute atomic E-state index is 14.0. The summed E-state index contributed by atoms with van der Waals surface area (Å²) in [5.74, 6) is -1.31. The van der Waals surface area contributed by atoms with Gasteiger partial charge in [0.2, 0.25) is 0 Å². The minimum atomic E-state index is -4.49. The Bertz CT molecular complexity index is 1450. The van der Waals surface area contributed by atoms with Gasteiger partial charge in [-0.15, -0.1) is 0 Å². The molecule has 1 aliphatic rings. The van der Waals surface area contributed by atoms with Gasteiger partial charge in [0.25, 0.3) is 11.8 Å². The van der Waals surface area contributed by atoms with Gasteiger partial charge in [-0.05, 0) is 36.4 Å². The highest BCUT2D eigenvalue weighted by Crippen LogP contribution is 2.32. The number of aromatic nitrogens is 1. The third-order valence-electron chi connectivity index (χ3n) is 6.35. The second kappa shape index (κ2) is 9.14. The molecule has 0 spiro atoms. The third kappa shape index (κ3) is 4.32. The van der Waals surface area contributed by atoms with Crippen LogP contribution < -0.4 is 0 Å². The summed E-state index contributed by atoms with van der Waals surface area (Å²) in [5.41, 5.74) is 0.466. The lowest BCUT2D eigenvalue weighted by molar-refractivity contribution is -0.137. The van der Waals surface area contributed by atoms with Gasteiger partial charge < -0.3 is 14.4 Å². The first-order valence-corrected chi connectivity index (χ1v) is 11.3. The fourth-order valence-corrected chi connectivity index (χ4v) is 4.48. The Morgan fingerprint density at radius 1 is 0.722 bits per heavy atom. The number of rotatable bonds is 3. The van der Waals surface area contributed by atoms with Crippen LogP contribution in [-0.2, 0) is 6.18 Å². The monoisotopic (exact) mass is 495 g/mol. The second-order valence-corrected chi connectivity index (χ2v) is 8.54. The van der Waals surface area contributed by atoms with Crippen molar-refractivity contribution in [2.45, 2.75) is 6.18 Å². The average molecular weight is 495 g/mol. The van der Waals surface area contributed by atoms with Gasteiger partial charge >= 0.3 is 6.18 Å². The Balaban J connectivity index is 1.40. The number of piperazine rings is 1. The van der Waals surface area contributed by atoms with Crippen molar-refractivity contribution in [3.8, 4) is 5.69 Å². The van der Waals surface area contributed by atoms with E-state index in [2.05, 4.69) is 0 Å². The first kappa shape index (κ1) is 23.6. The average Bonchev–Trinajstić information content (AvgIpc) is 3.28. The molecule has 0 aliphatic carbocycles. The minimum absolute atomic E-state index is 0.0126. The Hall–Kier alpha value is -4.14. The van der Waals surface area contributed by atoms with Gasteiger partial charge in [0, 0.05) is 43.4 Å². The van der Waals surface area contributed by atoms with Crippen molar-refractivity contribution in [2.75, 3.05) is 26.2 Å². The maximum Gasteiger partial charge on any atom is 0.416 e. The molecule has 3 aromatic carbocycles. The Labute approximate surface area is 204 Å². The van der Waals surface area contributed by atoms with Crippen molar-refractivity contribution in [1.82, 2.24) is 14.4 Å². The number of carbonyl (C=O) groups is 2. The second-order valence-electron chi connectivity index (χ2n) is 8.54. The predicted molar refractivity (Wildman–Crippen MR) is 126 cm³/mol. The van der Waals surface area contributed by atoms with E-state index in [-0.39, 0.29) is 37.6 Å². The molecule has 2 amide bonds. The standard InChI is InChI=1S/C27H21F4N3O2/c28-23-10-3-1-9-21(23)25(35)32-12-14-33(15-13-32)26(36)22-17-34(24-11-4-2-8-20(22)24)19-7-5-6-18(16-19)27(29,30)31/h1-11,16-17H,12-15H2. The van der Waals surface area contributed by atoms with Crippen LogP contribution in [0.5, 0.6) is 0 Å². The lowest BCUT2D eigenvalue weighted by Gasteiger charge is -2.34. The molecule has 0 atom stereocenters. The molecule has 1 fully saturated rings. The summed E-state index contributed by atoms with van der Waals surface area (Å²) in [5, 5.41) is 0.616. The first-order chi connectivity index (χ1) is 17.2. The van der Waals surface area contributed by atoms with E-state index >= 15 is 0 Å². The minimum Gasteiger partial charge on any atom is -0.335 e. The van der Waals surface area contributed by atoms with E-state index in [4.69, 9.17) is 0 Å². The molecule has 1 aliphatic heterocycles. The molecule has 0 radical (unpaired) electrons. The molecule has 1 saturated heterocycles. The Morgan fingerprint density at radius 2 is 1.33 bits per heavy atom. The number of amides is 2. The van der Waals surface area contributed by atoms with Gasteiger partial charge in [0.1, 0.15) is 5.82 Å². The van der Waals surface area contributed by atoms with Gasteiger partial charge in [0.05, 0.1) is 22.2 Å². The molecule has 2 heterocycles. The van der Waals surface area contributed by atoms with Gasteiger partial charge in [-0.3, -0.25) is 9.59 Å². The zero-order chi connectivity index (χ0) is 25.4. The lowest BCUT2D eigenvalue weighted by Crippen LogP contribution is -2.50. The quantitative estimate of drug-likeness (QED) is 0.358. The molecule has 0 N–H and O–H groups in total. The highest BCUT2D eigenvalue weighted by atomic mass is 19.4. The van der Waals surface area contributed by atoms with E-state index in [1.165, 1.54) is 29.2 Å². The van der Waals surface area contributed by atoms with Gasteiger partial charge in [0.15, 0.2) is 0 Å². The van der Waals surface area contributed by atoms with Gasteiger partial charge in [-0.2, -0.15) is 13.2 Å². The molecular formula is C27H21F4N3O2. The number of halogens is 4. The number of hydrogen-bond acceptors (Lipinski definition) is 2. The molecule has 0 bridgehead atoms. The van der Waals surface area contributed by atoms with Crippen LogP contribution in [0.15, 0.2) is 79.0 Å². The lowest BCUT2D eigenvalue weighted by atomic mass is 10.1. The Morgan fingerprint density at radius 3 is 2.00 bits per heavy atom. The van der Waals surface area contributed by atoms with Crippen molar-refractivity contribution in [1.29, 1.82) is 0 Å². The van der Waals surface area contributed by atoms with Crippen molar-refractivity contribution in [3.05, 3.63) is 102 Å². The third-order valence-corrected chi connectivity index (χ3v) is 6.35. The van der Waals surface area contributed by atoms with Crippen LogP contribution >= 0.6 is 0 Å². The van der Waals surface area contributed by atoms with Crippen molar-refractivity contribution in [3.63, 3.8) is 0 Å². The van der Waals surface area contributed by atoms with E-state index in [9.17, 15) is 27.2 Å². The van der Waals surface area contributed by atoms with Crippen LogP contribution in [0.4, 0.5) is 17.6 Å². The molecule has 0 unspecified atom stereocenters. The van der Waals surface area contributed by atoms with Gasteiger partial charge in [-0.1, -0.05) is 36.4 Å². The number of fused-ring (bicyclic) bond motifs is 1. The number of carbonyl (C=O) groups excluding carboxylic acids is 2. The largest absolute Gasteiger partial charge is 0.416 e. The van der Waals surface area contributed by atoms with Crippen LogP contribution in [-0.4, -0.2) is 52.4 Å².